The van der Waals surface area contributed by atoms with Crippen LogP contribution in [0.4, 0.5) is 4.79 Å². The number of nitrogens with one attached hydrogen (secondary N) is 1. The molecule has 124 valence electrons. The van der Waals surface area contributed by atoms with Crippen LogP contribution in [-0.4, -0.2) is 33.0 Å². The third-order valence-electron chi connectivity index (χ3n) is 2.54. The Morgan fingerprint density at radius 2 is 2.13 bits per heavy atom. The van der Waals surface area contributed by atoms with E-state index in [-0.39, 0.29) is 0 Å². The number of amides is 1. The maximum absolute atomic E-state index is 11.5. The molecule has 2 rings (SSSR count). The van der Waals surface area contributed by atoms with Gasteiger partial charge in [-0.05, 0) is 42.8 Å². The summed E-state index contributed by atoms with van der Waals surface area (Å²) in [5, 5.41) is 6.84. The number of rotatable bonds is 5. The minimum Gasteiger partial charge on any atom is -0.444 e. The fourth-order valence-corrected chi connectivity index (χ4v) is 1.88. The van der Waals surface area contributed by atoms with Gasteiger partial charge in [0.15, 0.2) is 5.75 Å². The molecule has 0 atom stereocenters. The Bertz CT molecular complexity index is 649. The van der Waals surface area contributed by atoms with E-state index in [1.165, 1.54) is 0 Å². The summed E-state index contributed by atoms with van der Waals surface area (Å²) in [6, 6.07) is 3.60. The number of carbonyl (C=O) groups is 1. The fourth-order valence-electron chi connectivity index (χ4n) is 1.65. The van der Waals surface area contributed by atoms with E-state index in [1.807, 2.05) is 26.8 Å². The van der Waals surface area contributed by atoms with Gasteiger partial charge in [0.05, 0.1) is 18.9 Å². The van der Waals surface area contributed by atoms with Crippen molar-refractivity contribution in [3.05, 3.63) is 35.2 Å². The van der Waals surface area contributed by atoms with Crippen LogP contribution in [-0.2, 0) is 11.3 Å². The van der Waals surface area contributed by atoms with Crippen molar-refractivity contribution >= 4 is 22.0 Å². The quantitative estimate of drug-likeness (QED) is 0.857. The summed E-state index contributed by atoms with van der Waals surface area (Å²) >= 11 is 3.31. The molecule has 2 heterocycles. The molecular formula is C15H19BrN4O3. The highest BCUT2D eigenvalue weighted by atomic mass is 79.9. The van der Waals surface area contributed by atoms with Crippen LogP contribution in [0.3, 0.4) is 0 Å². The van der Waals surface area contributed by atoms with Crippen LogP contribution in [0.15, 0.2) is 35.2 Å². The van der Waals surface area contributed by atoms with E-state index in [1.54, 1.807) is 29.3 Å². The summed E-state index contributed by atoms with van der Waals surface area (Å²) in [6.07, 6.45) is 4.54. The summed E-state index contributed by atoms with van der Waals surface area (Å²) in [5.74, 6) is 1.07. The predicted octanol–water partition coefficient (Wildman–Crippen LogP) is 3.36. The molecule has 0 saturated carbocycles. The molecule has 0 unspecified atom stereocenters. The first-order chi connectivity index (χ1) is 10.8. The Hall–Kier alpha value is -2.09. The van der Waals surface area contributed by atoms with Gasteiger partial charge in [-0.25, -0.2) is 9.78 Å². The molecular weight excluding hydrogens is 364 g/mol. The van der Waals surface area contributed by atoms with Crippen LogP contribution in [0, 0.1) is 0 Å². The molecule has 0 radical (unpaired) electrons. The van der Waals surface area contributed by atoms with Crippen molar-refractivity contribution < 1.29 is 14.3 Å². The number of halogens is 1. The van der Waals surface area contributed by atoms with E-state index < -0.39 is 11.7 Å². The number of ether oxygens (including phenoxy) is 2. The lowest BCUT2D eigenvalue weighted by Crippen LogP contribution is -2.34. The average molecular weight is 383 g/mol. The first-order valence-electron chi connectivity index (χ1n) is 7.10. The van der Waals surface area contributed by atoms with Gasteiger partial charge < -0.3 is 14.8 Å². The monoisotopic (exact) mass is 382 g/mol. The lowest BCUT2D eigenvalue weighted by molar-refractivity contribution is 0.0525. The number of carbonyl (C=O) groups excluding carboxylic acids is 1. The predicted molar refractivity (Wildman–Crippen MR) is 88.5 cm³/mol. The lowest BCUT2D eigenvalue weighted by Gasteiger charge is -2.19. The molecule has 1 N–H and O–H groups in total. The highest BCUT2D eigenvalue weighted by Gasteiger charge is 2.15. The summed E-state index contributed by atoms with van der Waals surface area (Å²) in [6.45, 7) is 6.38. The lowest BCUT2D eigenvalue weighted by atomic mass is 10.2. The van der Waals surface area contributed by atoms with Crippen molar-refractivity contribution in [3.8, 4) is 11.6 Å². The Labute approximate surface area is 143 Å². The SMILES string of the molecule is CC(C)(C)OC(=O)NCCn1cc(Oc2ccc(Br)cn2)cn1. The maximum Gasteiger partial charge on any atom is 0.407 e. The van der Waals surface area contributed by atoms with Gasteiger partial charge in [0, 0.05) is 23.3 Å². The van der Waals surface area contributed by atoms with Gasteiger partial charge in [0.1, 0.15) is 5.60 Å². The van der Waals surface area contributed by atoms with E-state index in [2.05, 4.69) is 31.3 Å². The standard InChI is InChI=1S/C15H19BrN4O3/c1-15(2,3)23-14(21)17-6-7-20-10-12(9-19-20)22-13-5-4-11(16)8-18-13/h4-5,8-10H,6-7H2,1-3H3,(H,17,21). The van der Waals surface area contributed by atoms with Gasteiger partial charge in [-0.2, -0.15) is 5.10 Å². The highest BCUT2D eigenvalue weighted by Crippen LogP contribution is 2.19. The normalized spacial score (nSPS) is 11.1. The van der Waals surface area contributed by atoms with Crippen molar-refractivity contribution in [1.29, 1.82) is 0 Å². The van der Waals surface area contributed by atoms with Crippen molar-refractivity contribution in [2.24, 2.45) is 0 Å². The molecule has 2 aromatic heterocycles. The third kappa shape index (κ3) is 6.27. The molecule has 7 nitrogen and oxygen atoms in total. The zero-order valence-electron chi connectivity index (χ0n) is 13.2. The second-order valence-electron chi connectivity index (χ2n) is 5.78. The van der Waals surface area contributed by atoms with E-state index in [9.17, 15) is 4.79 Å². The van der Waals surface area contributed by atoms with Gasteiger partial charge in [0.25, 0.3) is 0 Å². The smallest absolute Gasteiger partial charge is 0.407 e. The second-order valence-corrected chi connectivity index (χ2v) is 6.70. The van der Waals surface area contributed by atoms with Gasteiger partial charge >= 0.3 is 6.09 Å². The van der Waals surface area contributed by atoms with Crippen LogP contribution in [0.25, 0.3) is 0 Å². The average Bonchev–Trinajstić information content (AvgIpc) is 2.87. The van der Waals surface area contributed by atoms with Gasteiger partial charge in [-0.3, -0.25) is 4.68 Å². The van der Waals surface area contributed by atoms with Crippen molar-refractivity contribution in [1.82, 2.24) is 20.1 Å². The summed E-state index contributed by atoms with van der Waals surface area (Å²) in [5.41, 5.74) is -0.505. The minimum absolute atomic E-state index is 0.409. The first-order valence-corrected chi connectivity index (χ1v) is 7.90. The molecule has 1 amide bonds. The van der Waals surface area contributed by atoms with E-state index in [0.717, 1.165) is 4.47 Å². The molecule has 0 aromatic carbocycles. The van der Waals surface area contributed by atoms with Crippen LogP contribution in [0.2, 0.25) is 0 Å². The molecule has 8 heteroatoms. The Kier molecular flexibility index (Phi) is 5.59. The molecule has 0 aliphatic carbocycles. The molecule has 2 aromatic rings. The number of alkyl carbamates (subject to hydrolysis) is 1. The molecule has 0 saturated heterocycles. The van der Waals surface area contributed by atoms with Gasteiger partial charge in [-0.15, -0.1) is 0 Å². The van der Waals surface area contributed by atoms with Crippen LogP contribution in [0.1, 0.15) is 20.8 Å². The first kappa shape index (κ1) is 17.3. The fraction of sp³-hybridized carbons (Fsp3) is 0.400. The summed E-state index contributed by atoms with van der Waals surface area (Å²) in [7, 11) is 0. The summed E-state index contributed by atoms with van der Waals surface area (Å²) in [4.78, 5) is 15.6. The van der Waals surface area contributed by atoms with Crippen molar-refractivity contribution in [3.63, 3.8) is 0 Å². The van der Waals surface area contributed by atoms with E-state index in [0.29, 0.717) is 24.7 Å². The molecule has 0 aliphatic rings. The van der Waals surface area contributed by atoms with Crippen LogP contribution < -0.4 is 10.1 Å². The Morgan fingerprint density at radius 1 is 1.35 bits per heavy atom. The maximum atomic E-state index is 11.5. The molecule has 0 bridgehead atoms. The minimum atomic E-state index is -0.505. The largest absolute Gasteiger partial charge is 0.444 e. The van der Waals surface area contributed by atoms with Gasteiger partial charge in [-0.1, -0.05) is 0 Å². The highest BCUT2D eigenvalue weighted by molar-refractivity contribution is 9.10. The number of nitrogens with zero attached hydrogens (tertiary/aromatic N) is 3. The topological polar surface area (TPSA) is 78.3 Å². The van der Waals surface area contributed by atoms with Crippen molar-refractivity contribution in [2.75, 3.05) is 6.54 Å². The Morgan fingerprint density at radius 3 is 2.78 bits per heavy atom. The number of pyridine rings is 1. The van der Waals surface area contributed by atoms with Gasteiger partial charge in [0.2, 0.25) is 5.88 Å². The Balaban J connectivity index is 1.78. The zero-order valence-corrected chi connectivity index (χ0v) is 14.8. The van der Waals surface area contributed by atoms with E-state index >= 15 is 0 Å². The summed E-state index contributed by atoms with van der Waals surface area (Å²) < 4.78 is 13.3. The molecule has 0 aliphatic heterocycles. The molecule has 0 fully saturated rings. The third-order valence-corrected chi connectivity index (χ3v) is 3.01. The molecule has 23 heavy (non-hydrogen) atoms. The second kappa shape index (κ2) is 7.45. The van der Waals surface area contributed by atoms with Crippen molar-refractivity contribution in [2.45, 2.75) is 32.9 Å². The van der Waals surface area contributed by atoms with Crippen LogP contribution in [0.5, 0.6) is 11.6 Å². The van der Waals surface area contributed by atoms with Crippen LogP contribution >= 0.6 is 15.9 Å². The van der Waals surface area contributed by atoms with E-state index in [4.69, 9.17) is 9.47 Å². The number of hydrogen-bond acceptors (Lipinski definition) is 5. The zero-order chi connectivity index (χ0) is 16.9. The molecule has 0 spiro atoms. The number of hydrogen-bond donors (Lipinski definition) is 1. The number of aromatic nitrogens is 3.